The summed E-state index contributed by atoms with van der Waals surface area (Å²) in [4.78, 5) is 0. The van der Waals surface area contributed by atoms with E-state index in [1.807, 2.05) is 151 Å². The predicted molar refractivity (Wildman–Crippen MR) is 139 cm³/mol. The largest absolute Gasteiger partial charge is 0.0919 e. The van der Waals surface area contributed by atoms with Gasteiger partial charge < -0.3 is 0 Å². The van der Waals surface area contributed by atoms with Crippen LogP contribution in [0.2, 0.25) is 0 Å². The third-order valence-electron chi connectivity index (χ3n) is 0.333. The summed E-state index contributed by atoms with van der Waals surface area (Å²) in [7, 11) is 0. The van der Waals surface area contributed by atoms with Crippen molar-refractivity contribution in [2.75, 3.05) is 0 Å². The molecule has 0 aliphatic rings. The van der Waals surface area contributed by atoms with E-state index in [1.54, 1.807) is 0 Å². The van der Waals surface area contributed by atoms with E-state index < -0.39 is 0 Å². The van der Waals surface area contributed by atoms with Crippen LogP contribution < -0.4 is 0 Å². The molecule has 0 unspecified atom stereocenters. The lowest BCUT2D eigenvalue weighted by Gasteiger charge is -1.49. The fourth-order valence-corrected chi connectivity index (χ4v) is 0. The van der Waals surface area contributed by atoms with E-state index in [0.29, 0.717) is 0 Å². The van der Waals surface area contributed by atoms with Crippen LogP contribution >= 0.6 is 0 Å². The third kappa shape index (κ3) is 20500. The Morgan fingerprint density at radius 3 is 0.360 bits per heavy atom. The highest BCUT2D eigenvalue weighted by molar-refractivity contribution is 4.68. The molecule has 0 heterocycles. The molecule has 0 fully saturated rings. The average molecular weight is 371 g/mol. The molecule has 0 saturated heterocycles. The number of hydrogen-bond acceptors (Lipinski definition) is 0. The first-order valence-corrected chi connectivity index (χ1v) is 11.9. The Kier molecular flexibility index (Phi) is 4830. The highest BCUT2D eigenvalue weighted by atomic mass is 13.4. The van der Waals surface area contributed by atoms with Crippen molar-refractivity contribution in [2.24, 2.45) is 0 Å². The SMILES string of the molecule is C/C=C\C.CC.CC.CC.CC.CC.CC.CC.CC.CC.CCC. The average Bonchev–Trinajstić information content (AvgIpc) is 2.81. The van der Waals surface area contributed by atoms with Gasteiger partial charge >= 0.3 is 0 Å². The smallest absolute Gasteiger partial charge is 0.0470 e. The van der Waals surface area contributed by atoms with Crippen molar-refractivity contribution in [3.05, 3.63) is 12.2 Å². The Labute approximate surface area is 171 Å². The van der Waals surface area contributed by atoms with Gasteiger partial charge in [0.1, 0.15) is 0 Å². The molecule has 170 valence electrons. The van der Waals surface area contributed by atoms with Crippen LogP contribution in [0.3, 0.4) is 0 Å². The molecule has 0 rings (SSSR count). The highest BCUT2D eigenvalue weighted by Gasteiger charge is 1.35. The van der Waals surface area contributed by atoms with Crippen LogP contribution in [0.25, 0.3) is 0 Å². The van der Waals surface area contributed by atoms with E-state index >= 15 is 0 Å². The van der Waals surface area contributed by atoms with E-state index in [9.17, 15) is 0 Å². The zero-order valence-electron chi connectivity index (χ0n) is 23.9. The summed E-state index contributed by atoms with van der Waals surface area (Å²) in [6.07, 6.45) is 5.25. The molecule has 0 heteroatoms. The van der Waals surface area contributed by atoms with Gasteiger partial charge in [0.2, 0.25) is 0 Å². The molecule has 0 aliphatic carbocycles. The van der Waals surface area contributed by atoms with Gasteiger partial charge in [-0.15, -0.1) is 0 Å². The first-order valence-electron chi connectivity index (χ1n) is 11.9. The second kappa shape index (κ2) is 1640. The van der Waals surface area contributed by atoms with Gasteiger partial charge in [-0.05, 0) is 13.8 Å². The highest BCUT2D eigenvalue weighted by Crippen LogP contribution is 1.57. The molecule has 0 N–H and O–H groups in total. The maximum Gasteiger partial charge on any atom is -0.0470 e. The minimum absolute atomic E-state index is 1.25. The lowest BCUT2D eigenvalue weighted by Crippen LogP contribution is -1.27. The van der Waals surface area contributed by atoms with Crippen molar-refractivity contribution in [2.45, 2.75) is 159 Å². The zero-order valence-corrected chi connectivity index (χ0v) is 23.9. The molecule has 0 aromatic carbocycles. The van der Waals surface area contributed by atoms with Gasteiger partial charge in [0.15, 0.2) is 0 Å². The summed E-state index contributed by atoms with van der Waals surface area (Å²) < 4.78 is 0. The van der Waals surface area contributed by atoms with Crippen molar-refractivity contribution in [3.8, 4) is 0 Å². The summed E-state index contributed by atoms with van der Waals surface area (Å²) in [6, 6.07) is 0. The molecule has 0 aromatic rings. The number of allylic oxidation sites excluding steroid dienone is 2. The van der Waals surface area contributed by atoms with Gasteiger partial charge in [0.05, 0.1) is 0 Å². The molecule has 25 heavy (non-hydrogen) atoms. The summed E-state index contributed by atoms with van der Waals surface area (Å²) in [5.74, 6) is 0. The molecular weight excluding hydrogens is 300 g/mol. The van der Waals surface area contributed by atoms with Crippen molar-refractivity contribution < 1.29 is 0 Å². The van der Waals surface area contributed by atoms with Crippen LogP contribution in [0.4, 0.5) is 0 Å². The molecule has 0 amide bonds. The van der Waals surface area contributed by atoms with Crippen LogP contribution in [0.5, 0.6) is 0 Å². The summed E-state index contributed by atoms with van der Waals surface area (Å²) >= 11 is 0. The van der Waals surface area contributed by atoms with Crippen LogP contribution in [-0.2, 0) is 0 Å². The zero-order chi connectivity index (χ0) is 24.1. The summed E-state index contributed by atoms with van der Waals surface area (Å²) in [6.45, 7) is 44.2. The van der Waals surface area contributed by atoms with Gasteiger partial charge in [0, 0.05) is 0 Å². The van der Waals surface area contributed by atoms with E-state index in [1.165, 1.54) is 6.42 Å². The Bertz CT molecular complexity index is 23.0. The van der Waals surface area contributed by atoms with Crippen LogP contribution in [0.15, 0.2) is 12.2 Å². The number of hydrogen-bond donors (Lipinski definition) is 0. The predicted octanol–water partition coefficient (Wildman–Crippen LogP) is 12.2. The van der Waals surface area contributed by atoms with Crippen LogP contribution in [-0.4, -0.2) is 0 Å². The Balaban J connectivity index is -0.00000000972. The van der Waals surface area contributed by atoms with Gasteiger partial charge in [-0.1, -0.05) is 157 Å². The van der Waals surface area contributed by atoms with E-state index in [0.717, 1.165) is 0 Å². The minimum atomic E-state index is 1.25. The Hall–Kier alpha value is -0.260. The molecule has 0 bridgehead atoms. The second-order valence-electron chi connectivity index (χ2n) is 1.37. The van der Waals surface area contributed by atoms with Crippen molar-refractivity contribution in [1.82, 2.24) is 0 Å². The minimum Gasteiger partial charge on any atom is -0.0919 e. The summed E-state index contributed by atoms with van der Waals surface area (Å²) in [5.41, 5.74) is 0. The molecule has 0 aromatic heterocycles. The quantitative estimate of drug-likeness (QED) is 0.372. The maximum atomic E-state index is 2.12. The molecule has 0 aliphatic heterocycles. The van der Waals surface area contributed by atoms with Gasteiger partial charge in [-0.25, -0.2) is 0 Å². The van der Waals surface area contributed by atoms with Crippen molar-refractivity contribution in [3.63, 3.8) is 0 Å². The monoisotopic (exact) mass is 371 g/mol. The van der Waals surface area contributed by atoms with E-state index in [2.05, 4.69) is 13.8 Å². The second-order valence-corrected chi connectivity index (χ2v) is 1.37. The van der Waals surface area contributed by atoms with E-state index in [-0.39, 0.29) is 0 Å². The van der Waals surface area contributed by atoms with Crippen molar-refractivity contribution in [1.29, 1.82) is 0 Å². The normalized spacial score (nSPS) is 4.40. The standard InChI is InChI=1S/C4H8.C3H8.9C2H6/c1-3-4-2;1-3-2;9*1-2/h3-4H,1-2H3;3H2,1-2H3;9*1-2H3/b4-3-;;;;;;;;;;. The Morgan fingerprint density at radius 1 is 0.320 bits per heavy atom. The Morgan fingerprint density at radius 2 is 0.360 bits per heavy atom. The molecule has 0 radical (unpaired) electrons. The topological polar surface area (TPSA) is 0 Å². The van der Waals surface area contributed by atoms with Gasteiger partial charge in [-0.3, -0.25) is 0 Å². The van der Waals surface area contributed by atoms with Gasteiger partial charge in [-0.2, -0.15) is 0 Å². The maximum absolute atomic E-state index is 2.12. The lowest BCUT2D eigenvalue weighted by atomic mass is 10.6. The lowest BCUT2D eigenvalue weighted by molar-refractivity contribution is 1.09. The first kappa shape index (κ1) is 73.9. The molecular formula is C25H70. The molecule has 0 nitrogen and oxygen atoms in total. The van der Waals surface area contributed by atoms with Gasteiger partial charge in [0.25, 0.3) is 0 Å². The van der Waals surface area contributed by atoms with E-state index in [4.69, 9.17) is 0 Å². The first-order chi connectivity index (χ1) is 12.3. The molecule has 0 spiro atoms. The van der Waals surface area contributed by atoms with Crippen molar-refractivity contribution >= 4 is 0 Å². The number of rotatable bonds is 0. The molecule has 0 atom stereocenters. The third-order valence-corrected chi connectivity index (χ3v) is 0.333. The van der Waals surface area contributed by atoms with Crippen LogP contribution in [0, 0.1) is 0 Å². The summed E-state index contributed by atoms with van der Waals surface area (Å²) in [5, 5.41) is 0. The molecule has 0 saturated carbocycles. The fraction of sp³-hybridized carbons (Fsp3) is 0.920. The van der Waals surface area contributed by atoms with Crippen LogP contribution in [0.1, 0.15) is 159 Å². The fourth-order valence-electron chi connectivity index (χ4n) is 0.